The van der Waals surface area contributed by atoms with Gasteiger partial charge in [0, 0.05) is 33.3 Å². The Morgan fingerprint density at radius 3 is 2.58 bits per heavy atom. The smallest absolute Gasteiger partial charge is 0.271 e. The minimum Gasteiger partial charge on any atom is -0.385 e. The van der Waals surface area contributed by atoms with Crippen LogP contribution in [0.3, 0.4) is 0 Å². The zero-order valence-corrected chi connectivity index (χ0v) is 17.7. The summed E-state index contributed by atoms with van der Waals surface area (Å²) in [5.74, 6) is 1.82. The molecule has 1 aliphatic rings. The molecule has 166 valence electrons. The van der Waals surface area contributed by atoms with Crippen molar-refractivity contribution in [3.05, 3.63) is 41.7 Å². The Labute approximate surface area is 181 Å². The Kier molecular flexibility index (Phi) is 10.5. The van der Waals surface area contributed by atoms with Gasteiger partial charge in [-0.2, -0.15) is 5.10 Å². The number of nitrogens with two attached hydrogens (primary N) is 1. The molecule has 3 rings (SSSR count). The first-order valence-electron chi connectivity index (χ1n) is 9.28. The van der Waals surface area contributed by atoms with E-state index in [9.17, 15) is 14.4 Å². The first-order chi connectivity index (χ1) is 14.8. The fourth-order valence-electron chi connectivity index (χ4n) is 2.48. The number of likely N-dealkylation sites (N-methyl/N-ethyl adjacent to an activating group) is 1. The molecule has 10 nitrogen and oxygen atoms in total. The van der Waals surface area contributed by atoms with Gasteiger partial charge >= 0.3 is 0 Å². The third-order valence-electron chi connectivity index (χ3n) is 4.13. The van der Waals surface area contributed by atoms with Gasteiger partial charge in [0.15, 0.2) is 5.69 Å². The second-order valence-electron chi connectivity index (χ2n) is 6.33. The van der Waals surface area contributed by atoms with Gasteiger partial charge in [0.05, 0.1) is 17.6 Å². The lowest BCUT2D eigenvalue weighted by Crippen LogP contribution is -2.24. The normalized spacial score (nSPS) is 14.5. The highest BCUT2D eigenvalue weighted by molar-refractivity contribution is 5.96. The third kappa shape index (κ3) is 7.58. The maximum absolute atomic E-state index is 11.2. The number of methoxy groups -OCH3 is 1. The third-order valence-corrected chi connectivity index (χ3v) is 4.13. The number of aliphatic hydroxyl groups excluding tert-OH is 1. The Morgan fingerprint density at radius 1 is 1.52 bits per heavy atom. The number of nitrogens with one attached hydrogen (secondary N) is 1. The lowest BCUT2D eigenvalue weighted by molar-refractivity contribution is -0.133. The number of aldehydes is 1. The van der Waals surface area contributed by atoms with E-state index in [4.69, 9.17) is 17.3 Å². The highest BCUT2D eigenvalue weighted by atomic mass is 16.5. The van der Waals surface area contributed by atoms with Crippen LogP contribution >= 0.6 is 0 Å². The highest BCUT2D eigenvalue weighted by Crippen LogP contribution is 2.17. The van der Waals surface area contributed by atoms with Crippen molar-refractivity contribution in [1.82, 2.24) is 14.7 Å². The van der Waals surface area contributed by atoms with Crippen LogP contribution in [0.15, 0.2) is 30.5 Å². The summed E-state index contributed by atoms with van der Waals surface area (Å²) in [6.07, 6.45) is 7.61. The van der Waals surface area contributed by atoms with Gasteiger partial charge < -0.3 is 30.6 Å². The van der Waals surface area contributed by atoms with E-state index in [2.05, 4.69) is 21.1 Å². The van der Waals surface area contributed by atoms with Gasteiger partial charge in [-0.05, 0) is 24.6 Å². The van der Waals surface area contributed by atoms with Crippen LogP contribution in [0.5, 0.6) is 0 Å². The second-order valence-corrected chi connectivity index (χ2v) is 6.33. The topological polar surface area (TPSA) is 140 Å². The van der Waals surface area contributed by atoms with Gasteiger partial charge in [0.25, 0.3) is 11.8 Å². The van der Waals surface area contributed by atoms with E-state index in [1.54, 1.807) is 31.0 Å². The summed E-state index contributed by atoms with van der Waals surface area (Å²) in [4.78, 5) is 32.6. The molecule has 0 saturated carbocycles. The molecule has 1 atom stereocenters. The first-order valence-corrected chi connectivity index (χ1v) is 9.28. The summed E-state index contributed by atoms with van der Waals surface area (Å²) >= 11 is 0. The molecular weight excluding hydrogens is 402 g/mol. The predicted octanol–water partition coefficient (Wildman–Crippen LogP) is 0.0353. The molecule has 10 heteroatoms. The number of benzene rings is 1. The number of rotatable bonds is 5. The molecule has 0 aliphatic carbocycles. The molecule has 0 bridgehead atoms. The van der Waals surface area contributed by atoms with Crippen LogP contribution in [0.1, 0.15) is 22.5 Å². The van der Waals surface area contributed by atoms with E-state index in [1.807, 2.05) is 18.2 Å². The molecular formula is C21H27N5O5. The van der Waals surface area contributed by atoms with Crippen molar-refractivity contribution in [2.24, 2.45) is 5.73 Å². The molecule has 1 aliphatic heterocycles. The lowest BCUT2D eigenvalue weighted by Gasteiger charge is -2.04. The SMILES string of the molecule is C#Cc1cccc(-n2cc(NC)c(C(N)=O)n2)c1.CN1CCC(O)C1=O.COCC=O. The number of carbonyl (C=O) groups excluding carboxylic acids is 3. The molecule has 1 unspecified atom stereocenters. The van der Waals surface area contributed by atoms with Crippen LogP contribution < -0.4 is 11.1 Å². The van der Waals surface area contributed by atoms with E-state index in [0.29, 0.717) is 24.9 Å². The zero-order valence-electron chi connectivity index (χ0n) is 17.7. The maximum Gasteiger partial charge on any atom is 0.271 e. The zero-order chi connectivity index (χ0) is 23.4. The van der Waals surface area contributed by atoms with Crippen molar-refractivity contribution in [1.29, 1.82) is 0 Å². The molecule has 1 aromatic heterocycles. The number of likely N-dealkylation sites (tertiary alicyclic amines) is 1. The molecule has 1 aromatic carbocycles. The molecule has 0 spiro atoms. The number of aromatic nitrogens is 2. The number of amides is 2. The average molecular weight is 429 g/mol. The van der Waals surface area contributed by atoms with E-state index < -0.39 is 12.0 Å². The number of primary amides is 1. The molecule has 1 fully saturated rings. The maximum atomic E-state index is 11.2. The lowest BCUT2D eigenvalue weighted by atomic mass is 10.2. The standard InChI is InChI=1S/C13H12N4O.C5H9NO2.C3H6O2/c1-3-9-5-4-6-10(7-9)17-8-11(15-2)12(16-17)13(14)18;1-6-3-2-4(7)5(6)8;1-5-3-2-4/h1,4-8,15H,2H3,(H2,14,18);4,7H,2-3H2,1H3;2H,3H2,1H3. The minimum absolute atomic E-state index is 0.148. The number of aliphatic hydroxyl groups is 1. The first kappa shape index (κ1) is 25.4. The van der Waals surface area contributed by atoms with Crippen LogP contribution in [0.2, 0.25) is 0 Å². The Balaban J connectivity index is 0.000000304. The minimum atomic E-state index is -0.722. The molecule has 0 radical (unpaired) electrons. The van der Waals surface area contributed by atoms with Gasteiger partial charge in [-0.3, -0.25) is 9.59 Å². The summed E-state index contributed by atoms with van der Waals surface area (Å²) in [5.41, 5.74) is 7.54. The monoisotopic (exact) mass is 429 g/mol. The van der Waals surface area contributed by atoms with Crippen molar-refractivity contribution < 1.29 is 24.2 Å². The largest absolute Gasteiger partial charge is 0.385 e. The summed E-state index contributed by atoms with van der Waals surface area (Å²) in [7, 11) is 4.87. The van der Waals surface area contributed by atoms with Crippen LogP contribution in [0, 0.1) is 12.3 Å². The van der Waals surface area contributed by atoms with Crippen molar-refractivity contribution >= 4 is 23.8 Å². The molecule has 2 amide bonds. The van der Waals surface area contributed by atoms with Crippen molar-refractivity contribution in [2.45, 2.75) is 12.5 Å². The summed E-state index contributed by atoms with van der Waals surface area (Å²) < 4.78 is 5.89. The van der Waals surface area contributed by atoms with Crippen molar-refractivity contribution in [3.63, 3.8) is 0 Å². The van der Waals surface area contributed by atoms with Crippen LogP contribution in [-0.4, -0.2) is 78.3 Å². The summed E-state index contributed by atoms with van der Waals surface area (Å²) in [6.45, 7) is 0.903. The number of terminal acetylenes is 1. The Hall–Kier alpha value is -3.68. The van der Waals surface area contributed by atoms with Gasteiger partial charge in [0.1, 0.15) is 19.0 Å². The number of carbonyl (C=O) groups is 3. The number of hydrogen-bond acceptors (Lipinski definition) is 7. The number of hydrogen-bond donors (Lipinski definition) is 3. The van der Waals surface area contributed by atoms with E-state index >= 15 is 0 Å². The predicted molar refractivity (Wildman–Crippen MR) is 116 cm³/mol. The van der Waals surface area contributed by atoms with E-state index in [-0.39, 0.29) is 18.2 Å². The molecule has 31 heavy (non-hydrogen) atoms. The Morgan fingerprint density at radius 2 is 2.23 bits per heavy atom. The van der Waals surface area contributed by atoms with Gasteiger partial charge in [-0.1, -0.05) is 12.0 Å². The van der Waals surface area contributed by atoms with Crippen molar-refractivity contribution in [3.8, 4) is 18.0 Å². The average Bonchev–Trinajstić information content (AvgIpc) is 3.34. The molecule has 4 N–H and O–H groups in total. The fraction of sp³-hybridized carbons (Fsp3) is 0.333. The van der Waals surface area contributed by atoms with Gasteiger partial charge in [-0.15, -0.1) is 6.42 Å². The van der Waals surface area contributed by atoms with E-state index in [1.165, 1.54) is 12.0 Å². The number of nitrogens with zero attached hydrogens (tertiary/aromatic N) is 3. The Bertz CT molecular complexity index is 922. The molecule has 1 saturated heterocycles. The van der Waals surface area contributed by atoms with Gasteiger partial charge in [-0.25, -0.2) is 4.68 Å². The van der Waals surface area contributed by atoms with Crippen LogP contribution in [-0.2, 0) is 14.3 Å². The van der Waals surface area contributed by atoms with Crippen LogP contribution in [0.25, 0.3) is 5.69 Å². The summed E-state index contributed by atoms with van der Waals surface area (Å²) in [5, 5.41) is 15.8. The quantitative estimate of drug-likeness (QED) is 0.450. The summed E-state index contributed by atoms with van der Waals surface area (Å²) in [6, 6.07) is 7.30. The van der Waals surface area contributed by atoms with Crippen LogP contribution in [0.4, 0.5) is 5.69 Å². The number of ether oxygens (including phenoxy) is 1. The fourth-order valence-corrected chi connectivity index (χ4v) is 2.48. The number of anilines is 1. The molecule has 2 heterocycles. The van der Waals surface area contributed by atoms with Crippen molar-refractivity contribution in [2.75, 3.05) is 39.7 Å². The second kappa shape index (κ2) is 12.8. The molecule has 2 aromatic rings. The van der Waals surface area contributed by atoms with Gasteiger partial charge in [0.2, 0.25) is 0 Å². The highest BCUT2D eigenvalue weighted by Gasteiger charge is 2.26. The van der Waals surface area contributed by atoms with E-state index in [0.717, 1.165) is 11.3 Å².